The molecule has 132 valence electrons. The molecule has 0 spiro atoms. The number of thioether (sulfide) groups is 1. The molecule has 3 rings (SSSR count). The van der Waals surface area contributed by atoms with Gasteiger partial charge < -0.3 is 14.8 Å². The summed E-state index contributed by atoms with van der Waals surface area (Å²) in [5.41, 5.74) is 0.727. The first-order valence-electron chi connectivity index (χ1n) is 8.65. The van der Waals surface area contributed by atoms with Crippen LogP contribution in [0.3, 0.4) is 0 Å². The predicted molar refractivity (Wildman–Crippen MR) is 97.0 cm³/mol. The minimum Gasteiger partial charge on any atom is -0.494 e. The number of morpholine rings is 1. The highest BCUT2D eigenvalue weighted by atomic mass is 32.2. The van der Waals surface area contributed by atoms with Crippen molar-refractivity contribution in [1.29, 1.82) is 0 Å². The van der Waals surface area contributed by atoms with Gasteiger partial charge in [0.05, 0.1) is 19.8 Å². The number of carbonyl (C=O) groups is 1. The fourth-order valence-electron chi connectivity index (χ4n) is 3.38. The van der Waals surface area contributed by atoms with E-state index in [0.717, 1.165) is 50.0 Å². The van der Waals surface area contributed by atoms with Crippen molar-refractivity contribution in [3.63, 3.8) is 0 Å². The third-order valence-corrected chi connectivity index (χ3v) is 5.98. The summed E-state index contributed by atoms with van der Waals surface area (Å²) >= 11 is 1.98. The van der Waals surface area contributed by atoms with E-state index in [1.54, 1.807) is 0 Å². The largest absolute Gasteiger partial charge is 0.494 e. The van der Waals surface area contributed by atoms with Crippen LogP contribution < -0.4 is 10.1 Å². The molecule has 2 fully saturated rings. The molecule has 1 N–H and O–H groups in total. The number of hydrogen-bond donors (Lipinski definition) is 1. The van der Waals surface area contributed by atoms with Gasteiger partial charge in [-0.1, -0.05) is 6.07 Å². The predicted octanol–water partition coefficient (Wildman–Crippen LogP) is 2.02. The number of benzene rings is 1. The second kappa shape index (κ2) is 8.23. The van der Waals surface area contributed by atoms with E-state index in [2.05, 4.69) is 10.2 Å². The Hall–Kier alpha value is -1.24. The molecular weight excluding hydrogens is 324 g/mol. The third kappa shape index (κ3) is 4.05. The van der Waals surface area contributed by atoms with Crippen molar-refractivity contribution in [2.75, 3.05) is 51.0 Å². The molecule has 5 nitrogen and oxygen atoms in total. The lowest BCUT2D eigenvalue weighted by Crippen LogP contribution is -2.59. The minimum absolute atomic E-state index is 0.0268. The van der Waals surface area contributed by atoms with Crippen LogP contribution in [0, 0.1) is 0 Å². The van der Waals surface area contributed by atoms with E-state index in [1.165, 1.54) is 0 Å². The molecule has 0 aliphatic carbocycles. The second-order valence-electron chi connectivity index (χ2n) is 6.27. The van der Waals surface area contributed by atoms with Gasteiger partial charge in [0.2, 0.25) is 0 Å². The van der Waals surface area contributed by atoms with E-state index in [9.17, 15) is 4.79 Å². The van der Waals surface area contributed by atoms with Crippen LogP contribution in [0.1, 0.15) is 23.7 Å². The highest BCUT2D eigenvalue weighted by Gasteiger charge is 2.40. The zero-order valence-corrected chi connectivity index (χ0v) is 15.1. The normalized spacial score (nSPS) is 24.7. The standard InChI is InChI=1S/C18H26N2O3S/c1-2-23-16-5-3-4-15(12-16)17(21)19-13-18(6-11-24-14-18)20-7-9-22-10-8-20/h3-5,12H,2,6-11,13-14H2,1H3,(H,19,21)/t18-/m1/s1. The smallest absolute Gasteiger partial charge is 0.251 e. The molecule has 24 heavy (non-hydrogen) atoms. The highest BCUT2D eigenvalue weighted by molar-refractivity contribution is 7.99. The Kier molecular flexibility index (Phi) is 6.03. The van der Waals surface area contributed by atoms with Crippen LogP contribution in [-0.2, 0) is 4.74 Å². The van der Waals surface area contributed by atoms with Gasteiger partial charge >= 0.3 is 0 Å². The molecule has 6 heteroatoms. The van der Waals surface area contributed by atoms with Crippen molar-refractivity contribution in [3.05, 3.63) is 29.8 Å². The van der Waals surface area contributed by atoms with Crippen LogP contribution in [0.2, 0.25) is 0 Å². The van der Waals surface area contributed by atoms with E-state index >= 15 is 0 Å². The van der Waals surface area contributed by atoms with Gasteiger partial charge in [0, 0.05) is 36.5 Å². The number of ether oxygens (including phenoxy) is 2. The zero-order valence-electron chi connectivity index (χ0n) is 14.3. The van der Waals surface area contributed by atoms with E-state index in [4.69, 9.17) is 9.47 Å². The van der Waals surface area contributed by atoms with Gasteiger partial charge in [0.1, 0.15) is 5.75 Å². The van der Waals surface area contributed by atoms with Crippen LogP contribution >= 0.6 is 11.8 Å². The van der Waals surface area contributed by atoms with Crippen molar-refractivity contribution < 1.29 is 14.3 Å². The van der Waals surface area contributed by atoms with Crippen molar-refractivity contribution in [1.82, 2.24) is 10.2 Å². The summed E-state index contributed by atoms with van der Waals surface area (Å²) in [6.45, 7) is 6.72. The van der Waals surface area contributed by atoms with Gasteiger partial charge in [0.25, 0.3) is 5.91 Å². The molecule has 1 amide bonds. The minimum atomic E-state index is -0.0268. The number of nitrogens with one attached hydrogen (secondary N) is 1. The summed E-state index contributed by atoms with van der Waals surface area (Å²) in [5, 5.41) is 3.16. The molecule has 1 aromatic rings. The van der Waals surface area contributed by atoms with Crippen LogP contribution in [0.15, 0.2) is 24.3 Å². The van der Waals surface area contributed by atoms with Gasteiger partial charge in [0.15, 0.2) is 0 Å². The monoisotopic (exact) mass is 350 g/mol. The number of carbonyl (C=O) groups excluding carboxylic acids is 1. The molecular formula is C18H26N2O3S. The maximum Gasteiger partial charge on any atom is 0.251 e. The molecule has 1 aromatic carbocycles. The van der Waals surface area contributed by atoms with E-state index in [-0.39, 0.29) is 11.4 Å². The van der Waals surface area contributed by atoms with Crippen LogP contribution in [0.4, 0.5) is 0 Å². The highest BCUT2D eigenvalue weighted by Crippen LogP contribution is 2.33. The maximum atomic E-state index is 12.6. The topological polar surface area (TPSA) is 50.8 Å². The Morgan fingerprint density at radius 3 is 2.96 bits per heavy atom. The van der Waals surface area contributed by atoms with Crippen molar-refractivity contribution >= 4 is 17.7 Å². The van der Waals surface area contributed by atoms with Gasteiger partial charge in [-0.3, -0.25) is 9.69 Å². The number of nitrogens with zero attached hydrogens (tertiary/aromatic N) is 1. The SMILES string of the molecule is CCOc1cccc(C(=O)NC[C@]2(N3CCOCC3)CCSC2)c1. The first-order valence-corrected chi connectivity index (χ1v) is 9.81. The summed E-state index contributed by atoms with van der Waals surface area (Å²) in [6.07, 6.45) is 1.12. The first kappa shape index (κ1) is 17.6. The summed E-state index contributed by atoms with van der Waals surface area (Å²) < 4.78 is 11.0. The van der Waals surface area contributed by atoms with Crippen molar-refractivity contribution in [2.45, 2.75) is 18.9 Å². The molecule has 0 saturated carbocycles. The third-order valence-electron chi connectivity index (χ3n) is 4.75. The Labute approximate surface area is 148 Å². The van der Waals surface area contributed by atoms with Gasteiger partial charge in [-0.2, -0.15) is 11.8 Å². The second-order valence-corrected chi connectivity index (χ2v) is 7.38. The average molecular weight is 350 g/mol. The lowest BCUT2D eigenvalue weighted by molar-refractivity contribution is -0.0129. The summed E-state index contributed by atoms with van der Waals surface area (Å²) in [5.74, 6) is 2.95. The molecule has 0 radical (unpaired) electrons. The Balaban J connectivity index is 1.64. The summed E-state index contributed by atoms with van der Waals surface area (Å²) in [4.78, 5) is 15.1. The zero-order chi connectivity index (χ0) is 16.8. The van der Waals surface area contributed by atoms with Crippen LogP contribution in [0.5, 0.6) is 5.75 Å². The fraction of sp³-hybridized carbons (Fsp3) is 0.611. The Bertz CT molecular complexity index is 555. The van der Waals surface area contributed by atoms with Gasteiger partial charge in [-0.15, -0.1) is 0 Å². The first-order chi connectivity index (χ1) is 11.7. The fourth-order valence-corrected chi connectivity index (χ4v) is 4.85. The number of rotatable bonds is 6. The summed E-state index contributed by atoms with van der Waals surface area (Å²) in [6, 6.07) is 7.39. The van der Waals surface area contributed by atoms with Crippen LogP contribution in [0.25, 0.3) is 0 Å². The lowest BCUT2D eigenvalue weighted by Gasteiger charge is -2.43. The maximum absolute atomic E-state index is 12.6. The Morgan fingerprint density at radius 2 is 2.25 bits per heavy atom. The van der Waals surface area contributed by atoms with E-state index < -0.39 is 0 Å². The van der Waals surface area contributed by atoms with Gasteiger partial charge in [-0.25, -0.2) is 0 Å². The molecule has 0 bridgehead atoms. The number of hydrogen-bond acceptors (Lipinski definition) is 5. The molecule has 0 aromatic heterocycles. The lowest BCUT2D eigenvalue weighted by atomic mass is 9.95. The average Bonchev–Trinajstić information content (AvgIpc) is 3.11. The Morgan fingerprint density at radius 1 is 1.42 bits per heavy atom. The molecule has 2 aliphatic heterocycles. The van der Waals surface area contributed by atoms with E-state index in [0.29, 0.717) is 18.7 Å². The number of amides is 1. The van der Waals surface area contributed by atoms with Crippen molar-refractivity contribution in [3.8, 4) is 5.75 Å². The van der Waals surface area contributed by atoms with Gasteiger partial charge in [-0.05, 0) is 37.3 Å². The van der Waals surface area contributed by atoms with Crippen molar-refractivity contribution in [2.24, 2.45) is 0 Å². The molecule has 1 atom stereocenters. The molecule has 2 aliphatic rings. The molecule has 2 saturated heterocycles. The van der Waals surface area contributed by atoms with E-state index in [1.807, 2.05) is 43.0 Å². The van der Waals surface area contributed by atoms with Crippen LogP contribution in [-0.4, -0.2) is 67.3 Å². The molecule has 2 heterocycles. The molecule has 0 unspecified atom stereocenters. The summed E-state index contributed by atoms with van der Waals surface area (Å²) in [7, 11) is 0. The quantitative estimate of drug-likeness (QED) is 0.851.